The maximum atomic E-state index is 3.84. The van der Waals surface area contributed by atoms with Crippen LogP contribution in [-0.2, 0) is 0 Å². The van der Waals surface area contributed by atoms with Gasteiger partial charge in [-0.3, -0.25) is 0 Å². The molecular weight excluding hydrogens is 462 g/mol. The van der Waals surface area contributed by atoms with Crippen LogP contribution in [0.5, 0.6) is 0 Å². The molecule has 0 spiro atoms. The molecule has 0 atom stereocenters. The molecule has 0 aromatic heterocycles. The van der Waals surface area contributed by atoms with E-state index in [2.05, 4.69) is 122 Å². The van der Waals surface area contributed by atoms with Gasteiger partial charge in [-0.2, -0.15) is 0 Å². The zero-order valence-electron chi connectivity index (χ0n) is 14.5. The van der Waals surface area contributed by atoms with E-state index in [1.165, 1.54) is 11.1 Å². The highest BCUT2D eigenvalue weighted by Gasteiger charge is 2.21. The normalized spacial score (nSPS) is 10.6. The van der Waals surface area contributed by atoms with Gasteiger partial charge < -0.3 is 4.90 Å². The molecule has 0 aliphatic heterocycles. The Hall–Kier alpha value is -2.36. The van der Waals surface area contributed by atoms with Gasteiger partial charge in [-0.15, -0.1) is 0 Å². The smallest absolute Gasteiger partial charge is 0.0693 e. The van der Waals surface area contributed by atoms with Crippen molar-refractivity contribution in [1.82, 2.24) is 0 Å². The minimum Gasteiger partial charge on any atom is -0.309 e. The second-order valence-electron chi connectivity index (χ2n) is 6.13. The summed E-state index contributed by atoms with van der Waals surface area (Å²) in [6.07, 6.45) is 0. The maximum absolute atomic E-state index is 3.84. The van der Waals surface area contributed by atoms with Crippen molar-refractivity contribution in [2.45, 2.75) is 0 Å². The van der Waals surface area contributed by atoms with Crippen molar-refractivity contribution in [3.8, 4) is 11.1 Å². The Morgan fingerprint density at radius 3 is 1.52 bits per heavy atom. The van der Waals surface area contributed by atoms with Gasteiger partial charge in [-0.25, -0.2) is 0 Å². The lowest BCUT2D eigenvalue weighted by atomic mass is 10.0. The molecule has 4 aromatic rings. The second-order valence-corrected chi connectivity index (χ2v) is 7.78. The van der Waals surface area contributed by atoms with E-state index in [1.807, 2.05) is 18.2 Å². The average Bonchev–Trinajstić information content (AvgIpc) is 2.74. The Morgan fingerprint density at radius 2 is 1.00 bits per heavy atom. The van der Waals surface area contributed by atoms with Gasteiger partial charge in [0.05, 0.1) is 10.2 Å². The number of hydrogen-bond acceptors (Lipinski definition) is 1. The molecule has 0 radical (unpaired) electrons. The summed E-state index contributed by atoms with van der Waals surface area (Å²) in [6.45, 7) is 0. The fourth-order valence-corrected chi connectivity index (χ4v) is 4.01. The summed E-state index contributed by atoms with van der Waals surface area (Å²) in [5, 5.41) is 0. The summed E-state index contributed by atoms with van der Waals surface area (Å²) in [6, 6.07) is 35.6. The number of anilines is 3. The van der Waals surface area contributed by atoms with Crippen LogP contribution in [-0.4, -0.2) is 0 Å². The first-order chi connectivity index (χ1) is 13.3. The van der Waals surface area contributed by atoms with Crippen molar-refractivity contribution in [3.05, 3.63) is 112 Å². The molecule has 0 aliphatic rings. The molecule has 1 nitrogen and oxygen atoms in total. The fraction of sp³-hybridized carbons (Fsp3) is 0. The van der Waals surface area contributed by atoms with E-state index in [0.717, 1.165) is 26.0 Å². The van der Waals surface area contributed by atoms with Crippen LogP contribution in [0.3, 0.4) is 0 Å². The quantitative estimate of drug-likeness (QED) is 0.284. The third-order valence-electron chi connectivity index (χ3n) is 4.41. The molecule has 0 bridgehead atoms. The maximum Gasteiger partial charge on any atom is 0.0693 e. The van der Waals surface area contributed by atoms with Crippen molar-refractivity contribution < 1.29 is 0 Å². The van der Waals surface area contributed by atoms with Crippen molar-refractivity contribution >= 4 is 48.9 Å². The number of hydrogen-bond donors (Lipinski definition) is 0. The zero-order chi connectivity index (χ0) is 18.6. The first kappa shape index (κ1) is 18.0. The molecule has 4 aromatic carbocycles. The predicted molar refractivity (Wildman–Crippen MR) is 122 cm³/mol. The minimum absolute atomic E-state index is 1.02. The van der Waals surface area contributed by atoms with Gasteiger partial charge in [0.1, 0.15) is 0 Å². The molecule has 132 valence electrons. The summed E-state index contributed by atoms with van der Waals surface area (Å²) < 4.78 is 2.05. The van der Waals surface area contributed by atoms with Crippen molar-refractivity contribution in [2.24, 2.45) is 0 Å². The molecule has 0 saturated carbocycles. The monoisotopic (exact) mass is 477 g/mol. The highest BCUT2D eigenvalue weighted by atomic mass is 79.9. The lowest BCUT2D eigenvalue weighted by Gasteiger charge is -2.29. The van der Waals surface area contributed by atoms with E-state index in [0.29, 0.717) is 0 Å². The molecule has 27 heavy (non-hydrogen) atoms. The van der Waals surface area contributed by atoms with Gasteiger partial charge in [0.2, 0.25) is 0 Å². The van der Waals surface area contributed by atoms with Crippen LogP contribution < -0.4 is 4.90 Å². The number of nitrogens with zero attached hydrogens (tertiary/aromatic N) is 1. The van der Waals surface area contributed by atoms with Gasteiger partial charge in [0.25, 0.3) is 0 Å². The van der Waals surface area contributed by atoms with E-state index in [4.69, 9.17) is 0 Å². The largest absolute Gasteiger partial charge is 0.309 e. The molecule has 4 rings (SSSR count). The van der Waals surface area contributed by atoms with Crippen LogP contribution in [0.4, 0.5) is 17.1 Å². The molecule has 0 unspecified atom stereocenters. The van der Waals surface area contributed by atoms with E-state index in [1.54, 1.807) is 0 Å². The highest BCUT2D eigenvalue weighted by molar-refractivity contribution is 9.13. The minimum atomic E-state index is 1.02. The Balaban J connectivity index is 2.02. The number of halogens is 2. The Morgan fingerprint density at radius 1 is 0.519 bits per heavy atom. The molecule has 0 fully saturated rings. The van der Waals surface area contributed by atoms with Gasteiger partial charge in [0, 0.05) is 21.4 Å². The Kier molecular flexibility index (Phi) is 5.42. The van der Waals surface area contributed by atoms with Gasteiger partial charge in [-0.1, -0.05) is 72.8 Å². The van der Waals surface area contributed by atoms with Gasteiger partial charge in [0.15, 0.2) is 0 Å². The van der Waals surface area contributed by atoms with Gasteiger partial charge >= 0.3 is 0 Å². The van der Waals surface area contributed by atoms with Crippen molar-refractivity contribution in [2.75, 3.05) is 4.90 Å². The summed E-state index contributed by atoms with van der Waals surface area (Å²) in [5.74, 6) is 0. The Labute approximate surface area is 176 Å². The second kappa shape index (κ2) is 8.12. The molecule has 0 amide bonds. The SMILES string of the molecule is Brc1ccc(-c2ccccc2)c(N(c2ccccc2)c2ccccc2)c1Br. The lowest BCUT2D eigenvalue weighted by molar-refractivity contribution is 1.27. The van der Waals surface area contributed by atoms with E-state index >= 15 is 0 Å². The summed E-state index contributed by atoms with van der Waals surface area (Å²) in [7, 11) is 0. The third kappa shape index (κ3) is 3.71. The summed E-state index contributed by atoms with van der Waals surface area (Å²) in [4.78, 5) is 2.29. The lowest BCUT2D eigenvalue weighted by Crippen LogP contribution is -2.12. The third-order valence-corrected chi connectivity index (χ3v) is 6.40. The number of para-hydroxylation sites is 2. The van der Waals surface area contributed by atoms with Crippen molar-refractivity contribution in [3.63, 3.8) is 0 Å². The molecule has 0 heterocycles. The molecular formula is C24H17Br2N. The standard InChI is InChI=1S/C24H17Br2N/c25-22-17-16-21(18-10-4-1-5-11-18)24(23(22)26)27(19-12-6-2-7-13-19)20-14-8-3-9-15-20/h1-17H. The Bertz CT molecular complexity index is 992. The van der Waals surface area contributed by atoms with Crippen LogP contribution in [0.2, 0.25) is 0 Å². The van der Waals surface area contributed by atoms with Crippen molar-refractivity contribution in [1.29, 1.82) is 0 Å². The van der Waals surface area contributed by atoms with E-state index in [-0.39, 0.29) is 0 Å². The zero-order valence-corrected chi connectivity index (χ0v) is 17.7. The first-order valence-corrected chi connectivity index (χ1v) is 10.3. The number of rotatable bonds is 4. The first-order valence-electron chi connectivity index (χ1n) is 8.69. The summed E-state index contributed by atoms with van der Waals surface area (Å²) >= 11 is 7.53. The van der Waals surface area contributed by atoms with Crippen LogP contribution in [0, 0.1) is 0 Å². The molecule has 0 saturated heterocycles. The average molecular weight is 479 g/mol. The van der Waals surface area contributed by atoms with Crippen LogP contribution in [0.15, 0.2) is 112 Å². The molecule has 0 N–H and O–H groups in total. The number of benzene rings is 4. The van der Waals surface area contributed by atoms with E-state index in [9.17, 15) is 0 Å². The fourth-order valence-electron chi connectivity index (χ4n) is 3.17. The molecule has 3 heteroatoms. The highest BCUT2D eigenvalue weighted by Crippen LogP contribution is 2.47. The van der Waals surface area contributed by atoms with E-state index < -0.39 is 0 Å². The topological polar surface area (TPSA) is 3.24 Å². The predicted octanol–water partition coefficient (Wildman–Crippen LogP) is 8.35. The van der Waals surface area contributed by atoms with Crippen LogP contribution >= 0.6 is 31.9 Å². The summed E-state index contributed by atoms with van der Waals surface area (Å²) in [5.41, 5.74) is 5.67. The molecule has 0 aliphatic carbocycles. The van der Waals surface area contributed by atoms with Gasteiger partial charge in [-0.05, 0) is 67.8 Å². The van der Waals surface area contributed by atoms with Crippen LogP contribution in [0.25, 0.3) is 11.1 Å². The van der Waals surface area contributed by atoms with Crippen LogP contribution in [0.1, 0.15) is 0 Å².